The molecule has 0 fully saturated rings. The zero-order valence-electron chi connectivity index (χ0n) is 11.8. The number of aryl methyl sites for hydroxylation is 1. The Morgan fingerprint density at radius 1 is 1.24 bits per heavy atom. The largest absolute Gasteiger partial charge is 0.343 e. The van der Waals surface area contributed by atoms with Crippen LogP contribution in [-0.4, -0.2) is 10.4 Å². The van der Waals surface area contributed by atoms with Crippen molar-refractivity contribution < 1.29 is 4.79 Å². The minimum Gasteiger partial charge on any atom is -0.343 e. The monoisotopic (exact) mass is 233 g/mol. The molecule has 0 saturated heterocycles. The van der Waals surface area contributed by atoms with Crippen molar-refractivity contribution >= 4 is 5.78 Å². The molecule has 0 aromatic carbocycles. The maximum absolute atomic E-state index is 12.2. The number of Topliss-reactive ketones (excluding diaryl/α,β-unsaturated/α-hetero) is 1. The molecule has 1 heterocycles. The highest BCUT2D eigenvalue weighted by Gasteiger charge is 2.35. The van der Waals surface area contributed by atoms with E-state index in [2.05, 4.69) is 52.2 Å². The Bertz CT molecular complexity index is 472. The third kappa shape index (κ3) is 2.05. The topological polar surface area (TPSA) is 22.0 Å². The van der Waals surface area contributed by atoms with Gasteiger partial charge < -0.3 is 4.57 Å². The summed E-state index contributed by atoms with van der Waals surface area (Å²) in [5.74, 6) is 0.308. The van der Waals surface area contributed by atoms with Crippen LogP contribution in [0.2, 0.25) is 0 Å². The van der Waals surface area contributed by atoms with Gasteiger partial charge in [-0.05, 0) is 45.6 Å². The first-order valence-corrected chi connectivity index (χ1v) is 6.37. The molecular formula is C15H23NO. The number of rotatable bonds is 0. The van der Waals surface area contributed by atoms with Gasteiger partial charge in [-0.25, -0.2) is 0 Å². The smallest absolute Gasteiger partial charge is 0.165 e. The van der Waals surface area contributed by atoms with Crippen molar-refractivity contribution in [3.8, 4) is 0 Å². The summed E-state index contributed by atoms with van der Waals surface area (Å²) in [5, 5.41) is 0. The van der Waals surface area contributed by atoms with Crippen LogP contribution >= 0.6 is 0 Å². The molecule has 0 atom stereocenters. The first-order chi connectivity index (χ1) is 7.62. The van der Waals surface area contributed by atoms with E-state index in [0.717, 1.165) is 12.0 Å². The molecule has 2 rings (SSSR count). The molecule has 1 aliphatic rings. The van der Waals surface area contributed by atoms with Crippen LogP contribution in [0.5, 0.6) is 0 Å². The predicted octanol–water partition coefficient (Wildman–Crippen LogP) is 3.71. The minimum atomic E-state index is 0.0470. The molecule has 2 nitrogen and oxygen atoms in total. The molecule has 0 N–H and O–H groups in total. The summed E-state index contributed by atoms with van der Waals surface area (Å²) in [7, 11) is 0. The highest BCUT2D eigenvalue weighted by Crippen LogP contribution is 2.38. The summed E-state index contributed by atoms with van der Waals surface area (Å²) in [6.07, 6.45) is 1.67. The number of fused-ring (bicyclic) bond motifs is 1. The van der Waals surface area contributed by atoms with E-state index >= 15 is 0 Å². The van der Waals surface area contributed by atoms with Crippen LogP contribution in [0.3, 0.4) is 0 Å². The van der Waals surface area contributed by atoms with Gasteiger partial charge in [0.1, 0.15) is 0 Å². The number of nitrogens with zero attached hydrogens (tertiary/aromatic N) is 1. The van der Waals surface area contributed by atoms with E-state index in [-0.39, 0.29) is 11.0 Å². The molecular weight excluding hydrogens is 210 g/mol. The number of ketones is 1. The molecule has 2 heteroatoms. The van der Waals surface area contributed by atoms with Crippen LogP contribution in [0.15, 0.2) is 6.07 Å². The predicted molar refractivity (Wildman–Crippen MR) is 70.6 cm³/mol. The van der Waals surface area contributed by atoms with E-state index in [4.69, 9.17) is 0 Å². The number of hydrogen-bond acceptors (Lipinski definition) is 1. The van der Waals surface area contributed by atoms with Gasteiger partial charge in [0.2, 0.25) is 0 Å². The van der Waals surface area contributed by atoms with Gasteiger partial charge in [0.15, 0.2) is 5.78 Å². The van der Waals surface area contributed by atoms with E-state index in [0.29, 0.717) is 12.2 Å². The number of carbonyl (C=O) groups excluding carboxylic acids is 1. The van der Waals surface area contributed by atoms with E-state index in [9.17, 15) is 4.79 Å². The molecule has 1 aromatic heterocycles. The molecule has 0 saturated carbocycles. The Balaban J connectivity index is 2.63. The lowest BCUT2D eigenvalue weighted by Crippen LogP contribution is -2.32. The fourth-order valence-corrected chi connectivity index (χ4v) is 3.09. The average molecular weight is 233 g/mol. The van der Waals surface area contributed by atoms with Crippen LogP contribution in [0.4, 0.5) is 0 Å². The molecule has 0 radical (unpaired) electrons. The van der Waals surface area contributed by atoms with Crippen molar-refractivity contribution in [1.82, 2.24) is 4.57 Å². The Kier molecular flexibility index (Phi) is 2.53. The lowest BCUT2D eigenvalue weighted by atomic mass is 9.76. The van der Waals surface area contributed by atoms with Crippen molar-refractivity contribution in [1.29, 1.82) is 0 Å². The maximum atomic E-state index is 12.2. The van der Waals surface area contributed by atoms with E-state index in [1.54, 1.807) is 0 Å². The second-order valence-corrected chi connectivity index (χ2v) is 7.09. The van der Waals surface area contributed by atoms with Gasteiger partial charge in [-0.2, -0.15) is 0 Å². The standard InChI is InChI=1S/C15H23NO/c1-10-7-11-12(16(10)14(2,3)4)8-15(5,6)9-13(11)17/h7H,8-9H2,1-6H3. The highest BCUT2D eigenvalue weighted by atomic mass is 16.1. The van der Waals surface area contributed by atoms with Crippen LogP contribution in [0, 0.1) is 12.3 Å². The van der Waals surface area contributed by atoms with Gasteiger partial charge in [-0.15, -0.1) is 0 Å². The van der Waals surface area contributed by atoms with Crippen LogP contribution in [-0.2, 0) is 12.0 Å². The normalized spacial score (nSPS) is 19.3. The zero-order chi connectivity index (χ0) is 13.0. The van der Waals surface area contributed by atoms with Crippen molar-refractivity contribution in [2.24, 2.45) is 5.41 Å². The van der Waals surface area contributed by atoms with Crippen LogP contribution in [0.1, 0.15) is 62.8 Å². The fraction of sp³-hybridized carbons (Fsp3) is 0.667. The lowest BCUT2D eigenvalue weighted by Gasteiger charge is -2.33. The Morgan fingerprint density at radius 3 is 2.35 bits per heavy atom. The number of aromatic nitrogens is 1. The second kappa shape index (κ2) is 3.47. The molecule has 1 aromatic rings. The first-order valence-electron chi connectivity index (χ1n) is 6.37. The second-order valence-electron chi connectivity index (χ2n) is 7.09. The van der Waals surface area contributed by atoms with Gasteiger partial charge >= 0.3 is 0 Å². The van der Waals surface area contributed by atoms with Crippen molar-refractivity contribution in [3.63, 3.8) is 0 Å². The van der Waals surface area contributed by atoms with Crippen LogP contribution < -0.4 is 0 Å². The number of hydrogen-bond donors (Lipinski definition) is 0. The summed E-state index contributed by atoms with van der Waals surface area (Å²) in [6.45, 7) is 13.1. The molecule has 0 amide bonds. The van der Waals surface area contributed by atoms with Crippen molar-refractivity contribution in [3.05, 3.63) is 23.0 Å². The minimum absolute atomic E-state index is 0.0470. The third-order valence-electron chi connectivity index (χ3n) is 3.54. The van der Waals surface area contributed by atoms with Gasteiger partial charge in [-0.1, -0.05) is 13.8 Å². The van der Waals surface area contributed by atoms with Crippen molar-refractivity contribution in [2.45, 2.75) is 59.9 Å². The van der Waals surface area contributed by atoms with Crippen molar-refractivity contribution in [2.75, 3.05) is 0 Å². The van der Waals surface area contributed by atoms with Gasteiger partial charge in [0.05, 0.1) is 0 Å². The SMILES string of the molecule is Cc1cc2c(n1C(C)(C)C)CC(C)(C)CC2=O. The molecule has 0 unspecified atom stereocenters. The van der Waals surface area contributed by atoms with E-state index in [1.165, 1.54) is 11.4 Å². The Hall–Kier alpha value is -1.05. The quantitative estimate of drug-likeness (QED) is 0.669. The first kappa shape index (κ1) is 12.4. The Labute approximate surface area is 104 Å². The summed E-state index contributed by atoms with van der Waals surface area (Å²) < 4.78 is 2.33. The summed E-state index contributed by atoms with van der Waals surface area (Å²) in [4.78, 5) is 12.2. The van der Waals surface area contributed by atoms with Gasteiger partial charge in [0, 0.05) is 28.9 Å². The molecule has 1 aliphatic carbocycles. The summed E-state index contributed by atoms with van der Waals surface area (Å²) >= 11 is 0. The van der Waals surface area contributed by atoms with E-state index in [1.807, 2.05) is 0 Å². The molecule has 0 spiro atoms. The fourth-order valence-electron chi connectivity index (χ4n) is 3.09. The summed E-state index contributed by atoms with van der Waals surface area (Å²) in [5.41, 5.74) is 3.53. The maximum Gasteiger partial charge on any atom is 0.165 e. The van der Waals surface area contributed by atoms with E-state index < -0.39 is 0 Å². The molecule has 0 aliphatic heterocycles. The van der Waals surface area contributed by atoms with Gasteiger partial charge in [0.25, 0.3) is 0 Å². The van der Waals surface area contributed by atoms with Gasteiger partial charge in [-0.3, -0.25) is 4.79 Å². The molecule has 0 bridgehead atoms. The summed E-state index contributed by atoms with van der Waals surface area (Å²) in [6, 6.07) is 2.07. The number of carbonyl (C=O) groups is 1. The molecule has 17 heavy (non-hydrogen) atoms. The lowest BCUT2D eigenvalue weighted by molar-refractivity contribution is 0.0908. The third-order valence-corrected chi connectivity index (χ3v) is 3.54. The highest BCUT2D eigenvalue weighted by molar-refractivity contribution is 5.99. The average Bonchev–Trinajstić information content (AvgIpc) is 2.38. The zero-order valence-corrected chi connectivity index (χ0v) is 11.8. The molecule has 94 valence electrons. The van der Waals surface area contributed by atoms with Crippen LogP contribution in [0.25, 0.3) is 0 Å². The Morgan fingerprint density at radius 2 is 1.82 bits per heavy atom.